The highest BCUT2D eigenvalue weighted by Crippen LogP contribution is 2.29. The normalized spacial score (nSPS) is 16.6. The summed E-state index contributed by atoms with van der Waals surface area (Å²) in [6, 6.07) is 16.7. The number of thioether (sulfide) groups is 1. The number of amides is 3. The number of carbonyl (C=O) groups excluding carboxylic acids is 3. The number of hydrogen-bond acceptors (Lipinski definition) is 4. The van der Waals surface area contributed by atoms with Crippen LogP contribution in [0.3, 0.4) is 0 Å². The topological polar surface area (TPSA) is 66.5 Å². The van der Waals surface area contributed by atoms with Crippen molar-refractivity contribution < 1.29 is 14.4 Å². The number of nitrogens with one attached hydrogen (secondary N) is 1. The second-order valence-electron chi connectivity index (χ2n) is 6.32. The first kappa shape index (κ1) is 19.2. The molecule has 1 aliphatic heterocycles. The van der Waals surface area contributed by atoms with E-state index in [1.165, 1.54) is 22.2 Å². The summed E-state index contributed by atoms with van der Waals surface area (Å²) in [6.45, 7) is 2.07. The number of benzene rings is 2. The molecule has 0 saturated carbocycles. The molecule has 1 N–H and O–H groups in total. The van der Waals surface area contributed by atoms with E-state index in [-0.39, 0.29) is 24.1 Å². The number of carbonyl (C=O) groups is 3. The SMILES string of the molecule is CCc1cccc(NC(=O)CCS[C@@H]2CC(=O)N(c3ccccc3)C2=O)c1. The first-order valence-corrected chi connectivity index (χ1v) is 10.1. The zero-order chi connectivity index (χ0) is 19.2. The summed E-state index contributed by atoms with van der Waals surface area (Å²) in [7, 11) is 0. The highest BCUT2D eigenvalue weighted by atomic mass is 32.2. The predicted molar refractivity (Wildman–Crippen MR) is 109 cm³/mol. The van der Waals surface area contributed by atoms with Gasteiger partial charge in [0, 0.05) is 24.3 Å². The quantitative estimate of drug-likeness (QED) is 0.743. The van der Waals surface area contributed by atoms with Gasteiger partial charge in [0.25, 0.3) is 0 Å². The Kier molecular flexibility index (Phi) is 6.29. The molecule has 1 fully saturated rings. The molecule has 5 nitrogen and oxygen atoms in total. The molecule has 0 spiro atoms. The molecule has 3 rings (SSSR count). The van der Waals surface area contributed by atoms with Gasteiger partial charge >= 0.3 is 0 Å². The number of rotatable bonds is 7. The second kappa shape index (κ2) is 8.86. The van der Waals surface area contributed by atoms with Gasteiger partial charge in [-0.15, -0.1) is 11.8 Å². The third kappa shape index (κ3) is 4.77. The van der Waals surface area contributed by atoms with E-state index < -0.39 is 5.25 Å². The zero-order valence-electron chi connectivity index (χ0n) is 15.2. The largest absolute Gasteiger partial charge is 0.326 e. The molecule has 0 radical (unpaired) electrons. The van der Waals surface area contributed by atoms with Crippen LogP contribution in [0.5, 0.6) is 0 Å². The molecule has 2 aromatic carbocycles. The molecule has 0 aliphatic carbocycles. The number of nitrogens with zero attached hydrogens (tertiary/aromatic N) is 1. The van der Waals surface area contributed by atoms with Crippen molar-refractivity contribution in [1.82, 2.24) is 0 Å². The molecule has 3 amide bonds. The molecule has 6 heteroatoms. The zero-order valence-corrected chi connectivity index (χ0v) is 16.0. The van der Waals surface area contributed by atoms with Crippen molar-refractivity contribution in [3.05, 3.63) is 60.2 Å². The van der Waals surface area contributed by atoms with Gasteiger partial charge < -0.3 is 5.32 Å². The summed E-state index contributed by atoms with van der Waals surface area (Å²) in [5, 5.41) is 2.46. The van der Waals surface area contributed by atoms with Crippen molar-refractivity contribution >= 4 is 40.9 Å². The van der Waals surface area contributed by atoms with Crippen LogP contribution in [0.1, 0.15) is 25.3 Å². The lowest BCUT2D eigenvalue weighted by atomic mass is 10.1. The Hall–Kier alpha value is -2.60. The molecule has 27 heavy (non-hydrogen) atoms. The predicted octanol–water partition coefficient (Wildman–Crippen LogP) is 3.64. The van der Waals surface area contributed by atoms with Crippen LogP contribution in [0, 0.1) is 0 Å². The third-order valence-electron chi connectivity index (χ3n) is 4.39. The van der Waals surface area contributed by atoms with Gasteiger partial charge in [-0.05, 0) is 36.2 Å². The molecule has 2 aromatic rings. The second-order valence-corrected chi connectivity index (χ2v) is 7.63. The molecule has 1 heterocycles. The Morgan fingerprint density at radius 2 is 1.93 bits per heavy atom. The summed E-state index contributed by atoms with van der Waals surface area (Å²) in [5.74, 6) is 0.00949. The Labute approximate surface area is 163 Å². The molecule has 0 unspecified atom stereocenters. The maximum atomic E-state index is 12.5. The van der Waals surface area contributed by atoms with Crippen molar-refractivity contribution in [3.8, 4) is 0 Å². The molecule has 1 saturated heterocycles. The maximum absolute atomic E-state index is 12.5. The highest BCUT2D eigenvalue weighted by molar-refractivity contribution is 8.00. The van der Waals surface area contributed by atoms with E-state index in [0.29, 0.717) is 17.9 Å². The van der Waals surface area contributed by atoms with Gasteiger partial charge in [-0.1, -0.05) is 37.3 Å². The molecule has 140 valence electrons. The highest BCUT2D eigenvalue weighted by Gasteiger charge is 2.39. The van der Waals surface area contributed by atoms with Crippen LogP contribution in [0.4, 0.5) is 11.4 Å². The number of para-hydroxylation sites is 1. The number of hydrogen-bond donors (Lipinski definition) is 1. The fourth-order valence-corrected chi connectivity index (χ4v) is 4.07. The van der Waals surface area contributed by atoms with Gasteiger partial charge in [-0.25, -0.2) is 4.90 Å². The minimum atomic E-state index is -0.422. The summed E-state index contributed by atoms with van der Waals surface area (Å²) in [4.78, 5) is 38.1. The summed E-state index contributed by atoms with van der Waals surface area (Å²) >= 11 is 1.37. The lowest BCUT2D eigenvalue weighted by molar-refractivity contribution is -0.121. The number of anilines is 2. The Morgan fingerprint density at radius 3 is 2.67 bits per heavy atom. The summed E-state index contributed by atoms with van der Waals surface area (Å²) in [6.07, 6.45) is 1.39. The number of imide groups is 1. The van der Waals surface area contributed by atoms with Crippen LogP contribution < -0.4 is 10.2 Å². The smallest absolute Gasteiger partial charge is 0.247 e. The first-order valence-electron chi connectivity index (χ1n) is 9.00. The Morgan fingerprint density at radius 1 is 1.15 bits per heavy atom. The van der Waals surface area contributed by atoms with E-state index in [1.54, 1.807) is 24.3 Å². The van der Waals surface area contributed by atoms with Crippen molar-refractivity contribution in [2.45, 2.75) is 31.4 Å². The lowest BCUT2D eigenvalue weighted by Gasteiger charge is -2.14. The van der Waals surface area contributed by atoms with Gasteiger partial charge in [0.15, 0.2) is 0 Å². The summed E-state index contributed by atoms with van der Waals surface area (Å²) in [5.41, 5.74) is 2.55. The van der Waals surface area contributed by atoms with Crippen LogP contribution in [0.15, 0.2) is 54.6 Å². The standard InChI is InChI=1S/C21H22N2O3S/c1-2-15-7-6-8-16(13-15)22-19(24)11-12-27-18-14-20(25)23(21(18)26)17-9-4-3-5-10-17/h3-10,13,18H,2,11-12,14H2,1H3,(H,22,24)/t18-/m1/s1. The molecule has 0 bridgehead atoms. The van der Waals surface area contributed by atoms with Crippen LogP contribution in [0.2, 0.25) is 0 Å². The van der Waals surface area contributed by atoms with Gasteiger partial charge in [0.1, 0.15) is 0 Å². The average Bonchev–Trinajstić information content (AvgIpc) is 2.96. The molecular formula is C21H22N2O3S. The molecule has 1 aliphatic rings. The van der Waals surface area contributed by atoms with E-state index in [4.69, 9.17) is 0 Å². The van der Waals surface area contributed by atoms with E-state index in [0.717, 1.165) is 12.1 Å². The van der Waals surface area contributed by atoms with Crippen LogP contribution in [0.25, 0.3) is 0 Å². The Balaban J connectivity index is 1.49. The van der Waals surface area contributed by atoms with Gasteiger partial charge in [-0.3, -0.25) is 14.4 Å². The molecule has 1 atom stereocenters. The minimum absolute atomic E-state index is 0.0903. The van der Waals surface area contributed by atoms with Gasteiger partial charge in [0.05, 0.1) is 10.9 Å². The lowest BCUT2D eigenvalue weighted by Crippen LogP contribution is -2.31. The number of aryl methyl sites for hydroxylation is 1. The minimum Gasteiger partial charge on any atom is -0.326 e. The third-order valence-corrected chi connectivity index (χ3v) is 5.60. The van der Waals surface area contributed by atoms with E-state index >= 15 is 0 Å². The van der Waals surface area contributed by atoms with Crippen molar-refractivity contribution in [1.29, 1.82) is 0 Å². The Bertz CT molecular complexity index is 838. The van der Waals surface area contributed by atoms with Crippen LogP contribution >= 0.6 is 11.8 Å². The van der Waals surface area contributed by atoms with Gasteiger partial charge in [0.2, 0.25) is 17.7 Å². The first-order chi connectivity index (χ1) is 13.1. The summed E-state index contributed by atoms with van der Waals surface area (Å²) < 4.78 is 0. The van der Waals surface area contributed by atoms with E-state index in [1.807, 2.05) is 30.3 Å². The van der Waals surface area contributed by atoms with E-state index in [2.05, 4.69) is 12.2 Å². The average molecular weight is 382 g/mol. The fraction of sp³-hybridized carbons (Fsp3) is 0.286. The van der Waals surface area contributed by atoms with Crippen LogP contribution in [-0.2, 0) is 20.8 Å². The monoisotopic (exact) mass is 382 g/mol. The van der Waals surface area contributed by atoms with Crippen molar-refractivity contribution in [2.75, 3.05) is 16.0 Å². The van der Waals surface area contributed by atoms with E-state index in [9.17, 15) is 14.4 Å². The molecule has 0 aromatic heterocycles. The van der Waals surface area contributed by atoms with Crippen molar-refractivity contribution in [3.63, 3.8) is 0 Å². The van der Waals surface area contributed by atoms with Gasteiger partial charge in [-0.2, -0.15) is 0 Å². The molecular weight excluding hydrogens is 360 g/mol. The fourth-order valence-electron chi connectivity index (χ4n) is 2.97. The van der Waals surface area contributed by atoms with Crippen LogP contribution in [-0.4, -0.2) is 28.7 Å². The van der Waals surface area contributed by atoms with Crippen molar-refractivity contribution in [2.24, 2.45) is 0 Å². The maximum Gasteiger partial charge on any atom is 0.247 e.